The number of hydrogen-bond acceptors (Lipinski definition) is 4. The third kappa shape index (κ3) is 7.95. The molecule has 6 nitrogen and oxygen atoms in total. The molecular weight excluding hydrogens is 362 g/mol. The van der Waals surface area contributed by atoms with E-state index in [-0.39, 0.29) is 18.0 Å². The Morgan fingerprint density at radius 2 is 1.74 bits per heavy atom. The topological polar surface area (TPSA) is 79.5 Å². The van der Waals surface area contributed by atoms with Crippen LogP contribution >= 0.6 is 12.2 Å². The van der Waals surface area contributed by atoms with Crippen LogP contribution in [0.3, 0.4) is 0 Å². The van der Waals surface area contributed by atoms with Gasteiger partial charge < -0.3 is 15.4 Å². The van der Waals surface area contributed by atoms with E-state index in [9.17, 15) is 9.59 Å². The van der Waals surface area contributed by atoms with Crippen LogP contribution in [0.1, 0.15) is 56.8 Å². The van der Waals surface area contributed by atoms with Gasteiger partial charge in [0.15, 0.2) is 5.11 Å². The van der Waals surface area contributed by atoms with Gasteiger partial charge in [-0.2, -0.15) is 0 Å². The highest BCUT2D eigenvalue weighted by Gasteiger charge is 2.23. The minimum Gasteiger partial charge on any atom is -0.444 e. The average molecular weight is 392 g/mol. The molecule has 1 aromatic carbocycles. The van der Waals surface area contributed by atoms with Gasteiger partial charge in [-0.1, -0.05) is 18.2 Å². The van der Waals surface area contributed by atoms with E-state index in [1.54, 1.807) is 12.1 Å². The van der Waals surface area contributed by atoms with Crippen molar-refractivity contribution >= 4 is 29.3 Å². The molecule has 0 radical (unpaired) electrons. The third-order valence-electron chi connectivity index (χ3n) is 4.38. The monoisotopic (exact) mass is 391 g/mol. The molecule has 1 aliphatic rings. The highest BCUT2D eigenvalue weighted by molar-refractivity contribution is 7.80. The fraction of sp³-hybridized carbons (Fsp3) is 0.550. The largest absolute Gasteiger partial charge is 0.444 e. The molecule has 148 valence electrons. The van der Waals surface area contributed by atoms with Crippen molar-refractivity contribution in [3.05, 3.63) is 35.9 Å². The lowest BCUT2D eigenvalue weighted by Gasteiger charge is -2.30. The highest BCUT2D eigenvalue weighted by atomic mass is 32.1. The second-order valence-electron chi connectivity index (χ2n) is 7.89. The maximum absolute atomic E-state index is 12.1. The lowest BCUT2D eigenvalue weighted by molar-refractivity contribution is 0.0514. The summed E-state index contributed by atoms with van der Waals surface area (Å²) in [5, 5.41) is 9.15. The smallest absolute Gasteiger partial charge is 0.407 e. The van der Waals surface area contributed by atoms with Crippen LogP contribution in [0.25, 0.3) is 0 Å². The van der Waals surface area contributed by atoms with Crippen LogP contribution in [0.5, 0.6) is 0 Å². The summed E-state index contributed by atoms with van der Waals surface area (Å²) in [6, 6.07) is 9.24. The molecule has 0 saturated heterocycles. The Labute approximate surface area is 166 Å². The standard InChI is InChI=1S/C20H29N3O3S/c1-20(2,3)26-19(25)21-13-14-9-11-16(12-10-14)22-18(27)23-17(24)15-7-5-4-6-8-15/h4-8,14,16H,9-13H2,1-3H3,(H,21,25)(H2,22,23,24,27)/t14-,16-. The number of hydrogen-bond donors (Lipinski definition) is 3. The van der Waals surface area contributed by atoms with Crippen molar-refractivity contribution in [2.24, 2.45) is 5.92 Å². The van der Waals surface area contributed by atoms with Crippen molar-refractivity contribution in [2.45, 2.75) is 58.1 Å². The molecule has 0 heterocycles. The average Bonchev–Trinajstić information content (AvgIpc) is 2.60. The Balaban J connectivity index is 1.66. The molecule has 7 heteroatoms. The Bertz CT molecular complexity index is 650. The Morgan fingerprint density at radius 1 is 1.11 bits per heavy atom. The molecule has 0 aromatic heterocycles. The van der Waals surface area contributed by atoms with Gasteiger partial charge in [0.2, 0.25) is 0 Å². The predicted octanol–water partition coefficient (Wildman–Crippen LogP) is 3.37. The van der Waals surface area contributed by atoms with Gasteiger partial charge >= 0.3 is 6.09 Å². The lowest BCUT2D eigenvalue weighted by Crippen LogP contribution is -2.46. The summed E-state index contributed by atoms with van der Waals surface area (Å²) >= 11 is 5.26. The van der Waals surface area contributed by atoms with Gasteiger partial charge in [-0.25, -0.2) is 4.79 Å². The third-order valence-corrected chi connectivity index (χ3v) is 4.60. The summed E-state index contributed by atoms with van der Waals surface area (Å²) in [6.45, 7) is 6.17. The second kappa shape index (κ2) is 9.69. The number of alkyl carbamates (subject to hydrolysis) is 1. The number of carbonyl (C=O) groups excluding carboxylic acids is 2. The molecule has 2 amide bonds. The zero-order valence-corrected chi connectivity index (χ0v) is 17.0. The lowest BCUT2D eigenvalue weighted by atomic mass is 9.86. The van der Waals surface area contributed by atoms with Crippen LogP contribution < -0.4 is 16.0 Å². The Hall–Kier alpha value is -2.15. The minimum absolute atomic E-state index is 0.205. The number of rotatable bonds is 4. The predicted molar refractivity (Wildman–Crippen MR) is 110 cm³/mol. The number of nitrogens with one attached hydrogen (secondary N) is 3. The van der Waals surface area contributed by atoms with Gasteiger partial charge in [0.25, 0.3) is 5.91 Å². The van der Waals surface area contributed by atoms with E-state index < -0.39 is 5.60 Å². The Kier molecular flexibility index (Phi) is 7.59. The molecule has 1 saturated carbocycles. The zero-order valence-electron chi connectivity index (χ0n) is 16.2. The molecule has 0 aliphatic heterocycles. The van der Waals surface area contributed by atoms with Crippen LogP contribution in [0.2, 0.25) is 0 Å². The quantitative estimate of drug-likeness (QED) is 0.686. The molecule has 1 aliphatic carbocycles. The fourth-order valence-electron chi connectivity index (χ4n) is 3.04. The van der Waals surface area contributed by atoms with Crippen molar-refractivity contribution in [1.29, 1.82) is 0 Å². The van der Waals surface area contributed by atoms with Gasteiger partial charge in [-0.3, -0.25) is 10.1 Å². The molecule has 2 rings (SSSR count). The van der Waals surface area contributed by atoms with Gasteiger partial charge in [0.1, 0.15) is 5.60 Å². The number of thiocarbonyl (C=S) groups is 1. The maximum atomic E-state index is 12.1. The van der Waals surface area contributed by atoms with Gasteiger partial charge in [0, 0.05) is 18.2 Å². The first-order chi connectivity index (χ1) is 12.7. The summed E-state index contributed by atoms with van der Waals surface area (Å²) in [6.07, 6.45) is 3.50. The molecule has 1 fully saturated rings. The van der Waals surface area contributed by atoms with Crippen molar-refractivity contribution in [2.75, 3.05) is 6.54 Å². The second-order valence-corrected chi connectivity index (χ2v) is 8.30. The first kappa shape index (κ1) is 21.2. The van der Waals surface area contributed by atoms with Crippen LogP contribution in [0.4, 0.5) is 4.79 Å². The van der Waals surface area contributed by atoms with Crippen molar-refractivity contribution in [1.82, 2.24) is 16.0 Å². The molecule has 27 heavy (non-hydrogen) atoms. The van der Waals surface area contributed by atoms with E-state index in [2.05, 4.69) is 16.0 Å². The molecule has 0 bridgehead atoms. The minimum atomic E-state index is -0.481. The van der Waals surface area contributed by atoms with E-state index in [0.717, 1.165) is 25.7 Å². The molecule has 0 unspecified atom stereocenters. The normalized spacial score (nSPS) is 19.7. The van der Waals surface area contributed by atoms with Crippen molar-refractivity contribution < 1.29 is 14.3 Å². The number of benzene rings is 1. The van der Waals surface area contributed by atoms with Crippen molar-refractivity contribution in [3.8, 4) is 0 Å². The summed E-state index contributed by atoms with van der Waals surface area (Å²) in [5.41, 5.74) is 0.101. The molecule has 1 aromatic rings. The van der Waals surface area contributed by atoms with E-state index in [1.165, 1.54) is 0 Å². The molecular formula is C20H29N3O3S. The summed E-state index contributed by atoms with van der Waals surface area (Å²) < 4.78 is 5.26. The number of amides is 2. The number of ether oxygens (including phenoxy) is 1. The van der Waals surface area contributed by atoms with Crippen LogP contribution in [0.15, 0.2) is 30.3 Å². The summed E-state index contributed by atoms with van der Waals surface area (Å²) in [5.74, 6) is 0.228. The highest BCUT2D eigenvalue weighted by Crippen LogP contribution is 2.23. The van der Waals surface area contributed by atoms with E-state index in [0.29, 0.717) is 23.1 Å². The first-order valence-corrected chi connectivity index (χ1v) is 9.77. The number of carbonyl (C=O) groups is 2. The zero-order chi connectivity index (χ0) is 19.9. The van der Waals surface area contributed by atoms with Crippen LogP contribution in [0, 0.1) is 5.92 Å². The summed E-state index contributed by atoms with van der Waals surface area (Å²) in [4.78, 5) is 23.8. The SMILES string of the molecule is CC(C)(C)OC(=O)NC[C@H]1CC[C@H](NC(=S)NC(=O)c2ccccc2)CC1. The van der Waals surface area contributed by atoms with Crippen LogP contribution in [-0.2, 0) is 4.74 Å². The maximum Gasteiger partial charge on any atom is 0.407 e. The van der Waals surface area contributed by atoms with E-state index in [1.807, 2.05) is 39.0 Å². The van der Waals surface area contributed by atoms with Gasteiger partial charge in [0.05, 0.1) is 0 Å². The molecule has 0 atom stereocenters. The molecule has 0 spiro atoms. The first-order valence-electron chi connectivity index (χ1n) is 9.36. The van der Waals surface area contributed by atoms with Gasteiger partial charge in [-0.15, -0.1) is 0 Å². The summed E-state index contributed by atoms with van der Waals surface area (Å²) in [7, 11) is 0. The molecule has 3 N–H and O–H groups in total. The van der Waals surface area contributed by atoms with Gasteiger partial charge in [-0.05, 0) is 76.7 Å². The Morgan fingerprint density at radius 3 is 2.33 bits per heavy atom. The van der Waals surface area contributed by atoms with Crippen LogP contribution in [-0.4, -0.2) is 35.3 Å². The van der Waals surface area contributed by atoms with E-state index >= 15 is 0 Å². The van der Waals surface area contributed by atoms with Crippen molar-refractivity contribution in [3.63, 3.8) is 0 Å². The fourth-order valence-corrected chi connectivity index (χ4v) is 3.30. The van der Waals surface area contributed by atoms with E-state index in [4.69, 9.17) is 17.0 Å².